The first-order valence-corrected chi connectivity index (χ1v) is 11.3. The quantitative estimate of drug-likeness (QED) is 0.810. The van der Waals surface area contributed by atoms with Gasteiger partial charge in [-0.15, -0.1) is 0 Å². The molecular formula is C22H27N3O2S. The minimum absolute atomic E-state index is 0.374. The number of hydrogen-bond donors (Lipinski definition) is 1. The van der Waals surface area contributed by atoms with E-state index < -0.39 is 10.0 Å². The maximum Gasteiger partial charge on any atom is 0.243 e. The molecule has 6 heteroatoms. The molecule has 0 unspecified atom stereocenters. The van der Waals surface area contributed by atoms with Crippen molar-refractivity contribution in [3.05, 3.63) is 58.7 Å². The van der Waals surface area contributed by atoms with Gasteiger partial charge in [0.2, 0.25) is 10.0 Å². The van der Waals surface area contributed by atoms with Crippen LogP contribution in [-0.2, 0) is 23.6 Å². The monoisotopic (exact) mass is 397 g/mol. The van der Waals surface area contributed by atoms with Crippen LogP contribution in [0.15, 0.2) is 41.9 Å². The largest absolute Gasteiger partial charge is 0.381 e. The molecule has 1 N–H and O–H groups in total. The Labute approximate surface area is 166 Å². The molecule has 1 aliphatic heterocycles. The minimum atomic E-state index is -3.35. The fraction of sp³-hybridized carbons (Fsp3) is 0.364. The molecule has 0 spiro atoms. The van der Waals surface area contributed by atoms with Crippen LogP contribution < -0.4 is 15.9 Å². The van der Waals surface area contributed by atoms with E-state index in [0.717, 1.165) is 42.5 Å². The van der Waals surface area contributed by atoms with Gasteiger partial charge < -0.3 is 9.88 Å². The van der Waals surface area contributed by atoms with Gasteiger partial charge >= 0.3 is 0 Å². The zero-order valence-corrected chi connectivity index (χ0v) is 17.1. The van der Waals surface area contributed by atoms with Gasteiger partial charge in [0, 0.05) is 54.7 Å². The summed E-state index contributed by atoms with van der Waals surface area (Å²) in [5, 5.41) is 5.89. The van der Waals surface area contributed by atoms with Crippen LogP contribution in [0.5, 0.6) is 0 Å². The Morgan fingerprint density at radius 1 is 1.11 bits per heavy atom. The number of aromatic nitrogens is 1. The van der Waals surface area contributed by atoms with Gasteiger partial charge in [0.1, 0.15) is 0 Å². The van der Waals surface area contributed by atoms with Crippen molar-refractivity contribution in [2.24, 2.45) is 7.05 Å². The standard InChI is InChI=1S/C22H27N3O2S/c1-17(21-16-24(2)22-8-4-3-7-20(21)22)23-15-18-9-11-19(12-10-18)28(26,27)25-13-5-6-14-25/h7-12,16,23H,1,3-6,13-15H2,2H3. The van der Waals surface area contributed by atoms with E-state index in [-0.39, 0.29) is 0 Å². The summed E-state index contributed by atoms with van der Waals surface area (Å²) in [5.41, 5.74) is 3.04. The van der Waals surface area contributed by atoms with Gasteiger partial charge in [-0.25, -0.2) is 8.42 Å². The van der Waals surface area contributed by atoms with Crippen molar-refractivity contribution >= 4 is 27.9 Å². The van der Waals surface area contributed by atoms with Crippen molar-refractivity contribution in [2.75, 3.05) is 13.1 Å². The Kier molecular flexibility index (Phi) is 5.17. The molecule has 1 aromatic heterocycles. The number of fused-ring (bicyclic) bond motifs is 1. The average molecular weight is 398 g/mol. The molecule has 1 aromatic carbocycles. The highest BCUT2D eigenvalue weighted by Gasteiger charge is 2.26. The van der Waals surface area contributed by atoms with Crippen LogP contribution in [0, 0.1) is 0 Å². The van der Waals surface area contributed by atoms with Crippen LogP contribution in [0.25, 0.3) is 17.8 Å². The third-order valence-corrected chi connectivity index (χ3v) is 7.49. The predicted octanol–water partition coefficient (Wildman–Crippen LogP) is 1.92. The first-order valence-electron chi connectivity index (χ1n) is 9.85. The molecule has 0 bridgehead atoms. The second-order valence-electron chi connectivity index (χ2n) is 7.53. The number of hydrogen-bond acceptors (Lipinski definition) is 3. The Bertz CT molecular complexity index is 1110. The molecule has 2 heterocycles. The van der Waals surface area contributed by atoms with Crippen LogP contribution in [0.2, 0.25) is 0 Å². The molecule has 1 aliphatic carbocycles. The van der Waals surface area contributed by atoms with E-state index in [1.165, 1.54) is 10.6 Å². The smallest absolute Gasteiger partial charge is 0.243 e. The third kappa shape index (κ3) is 3.54. The van der Waals surface area contributed by atoms with Gasteiger partial charge in [0.15, 0.2) is 0 Å². The molecule has 5 nitrogen and oxygen atoms in total. The molecule has 0 saturated carbocycles. The highest BCUT2D eigenvalue weighted by molar-refractivity contribution is 7.89. The average Bonchev–Trinajstić information content (AvgIpc) is 3.36. The van der Waals surface area contributed by atoms with Gasteiger partial charge in [0.25, 0.3) is 0 Å². The molecule has 28 heavy (non-hydrogen) atoms. The molecule has 1 fully saturated rings. The maximum absolute atomic E-state index is 12.6. The lowest BCUT2D eigenvalue weighted by atomic mass is 10.1. The normalized spacial score (nSPS) is 16.9. The van der Waals surface area contributed by atoms with Gasteiger partial charge in [-0.2, -0.15) is 4.31 Å². The summed E-state index contributed by atoms with van der Waals surface area (Å²) in [5.74, 6) is 0. The summed E-state index contributed by atoms with van der Waals surface area (Å²) in [7, 11) is -1.29. The number of benzene rings is 1. The van der Waals surface area contributed by atoms with Crippen LogP contribution in [0.1, 0.15) is 36.8 Å². The molecule has 148 valence electrons. The lowest BCUT2D eigenvalue weighted by molar-refractivity contribution is 0.477. The van der Waals surface area contributed by atoms with Gasteiger partial charge in [-0.1, -0.05) is 30.9 Å². The van der Waals surface area contributed by atoms with Crippen LogP contribution in [0.4, 0.5) is 0 Å². The Morgan fingerprint density at radius 2 is 1.79 bits per heavy atom. The van der Waals surface area contributed by atoms with E-state index in [1.54, 1.807) is 16.4 Å². The second kappa shape index (κ2) is 7.60. The number of nitrogens with zero attached hydrogens (tertiary/aromatic N) is 2. The lowest BCUT2D eigenvalue weighted by Gasteiger charge is -2.16. The number of rotatable bonds is 6. The molecule has 4 rings (SSSR count). The zero-order valence-electron chi connectivity index (χ0n) is 16.3. The molecule has 1 saturated heterocycles. The molecule has 0 radical (unpaired) electrons. The summed E-state index contributed by atoms with van der Waals surface area (Å²) < 4.78 is 29.0. The third-order valence-electron chi connectivity index (χ3n) is 5.58. The minimum Gasteiger partial charge on any atom is -0.381 e. The van der Waals surface area contributed by atoms with Gasteiger partial charge in [-0.05, 0) is 43.4 Å². The van der Waals surface area contributed by atoms with Crippen molar-refractivity contribution < 1.29 is 8.42 Å². The van der Waals surface area contributed by atoms with Crippen molar-refractivity contribution in [1.29, 1.82) is 0 Å². The summed E-state index contributed by atoms with van der Waals surface area (Å²) >= 11 is 0. The molecule has 0 atom stereocenters. The molecule has 2 aromatic rings. The number of sulfonamides is 1. The maximum atomic E-state index is 12.6. The number of nitrogens with one attached hydrogen (secondary N) is 1. The summed E-state index contributed by atoms with van der Waals surface area (Å²) in [6.07, 6.45) is 10.7. The molecule has 2 aliphatic rings. The van der Waals surface area contributed by atoms with Crippen molar-refractivity contribution in [2.45, 2.75) is 37.1 Å². The molecule has 0 amide bonds. The van der Waals surface area contributed by atoms with Crippen molar-refractivity contribution in [3.8, 4) is 0 Å². The molecular weight excluding hydrogens is 370 g/mol. The fourth-order valence-electron chi connectivity index (χ4n) is 3.98. The predicted molar refractivity (Wildman–Crippen MR) is 113 cm³/mol. The van der Waals surface area contributed by atoms with Crippen LogP contribution in [0.3, 0.4) is 0 Å². The zero-order chi connectivity index (χ0) is 19.7. The van der Waals surface area contributed by atoms with E-state index in [0.29, 0.717) is 24.5 Å². The Hall–Kier alpha value is -2.31. The van der Waals surface area contributed by atoms with E-state index in [4.69, 9.17) is 0 Å². The Balaban J connectivity index is 1.45. The van der Waals surface area contributed by atoms with E-state index in [1.807, 2.05) is 12.1 Å². The first kappa shape index (κ1) is 19.0. The summed E-state index contributed by atoms with van der Waals surface area (Å²) in [6, 6.07) is 7.17. The van der Waals surface area contributed by atoms with Crippen LogP contribution in [-0.4, -0.2) is 30.4 Å². The van der Waals surface area contributed by atoms with E-state index in [2.05, 4.69) is 41.9 Å². The highest BCUT2D eigenvalue weighted by atomic mass is 32.2. The van der Waals surface area contributed by atoms with E-state index >= 15 is 0 Å². The second-order valence-corrected chi connectivity index (χ2v) is 9.46. The van der Waals surface area contributed by atoms with Gasteiger partial charge in [-0.3, -0.25) is 0 Å². The summed E-state index contributed by atoms with van der Waals surface area (Å²) in [4.78, 5) is 0.374. The lowest BCUT2D eigenvalue weighted by Crippen LogP contribution is -2.31. The van der Waals surface area contributed by atoms with Crippen LogP contribution >= 0.6 is 0 Å². The first-order chi connectivity index (χ1) is 13.5. The Morgan fingerprint density at radius 3 is 2.50 bits per heavy atom. The van der Waals surface area contributed by atoms with Gasteiger partial charge in [0.05, 0.1) is 4.90 Å². The highest BCUT2D eigenvalue weighted by Crippen LogP contribution is 2.21. The van der Waals surface area contributed by atoms with E-state index in [9.17, 15) is 8.42 Å². The fourth-order valence-corrected chi connectivity index (χ4v) is 5.50. The van der Waals surface area contributed by atoms with Crippen molar-refractivity contribution in [3.63, 3.8) is 0 Å². The number of aryl methyl sites for hydroxylation is 1. The topological polar surface area (TPSA) is 54.3 Å². The SMILES string of the molecule is C=C(NCc1ccc(S(=O)(=O)N2CCCC2)cc1)c1cn(C)c2c1=CCCC=2. The van der Waals surface area contributed by atoms with Crippen molar-refractivity contribution in [1.82, 2.24) is 14.2 Å². The summed E-state index contributed by atoms with van der Waals surface area (Å²) in [6.45, 7) is 6.07.